The number of hydrogen-bond donors (Lipinski definition) is 2. The average Bonchev–Trinajstić information content (AvgIpc) is 2.49. The molecule has 0 aromatic heterocycles. The third-order valence-electron chi connectivity index (χ3n) is 4.38. The van der Waals surface area contributed by atoms with Crippen molar-refractivity contribution < 1.29 is 4.79 Å². The van der Waals surface area contributed by atoms with Gasteiger partial charge in [0.05, 0.1) is 0 Å². The van der Waals surface area contributed by atoms with E-state index in [0.29, 0.717) is 11.6 Å². The lowest BCUT2D eigenvalue weighted by Gasteiger charge is -2.43. The van der Waals surface area contributed by atoms with E-state index in [1.807, 2.05) is 12.1 Å². The van der Waals surface area contributed by atoms with Crippen LogP contribution in [0.5, 0.6) is 0 Å². The lowest BCUT2D eigenvalue weighted by atomic mass is 9.79. The molecule has 1 aromatic carbocycles. The van der Waals surface area contributed by atoms with Gasteiger partial charge in [0.2, 0.25) is 5.91 Å². The molecule has 4 nitrogen and oxygen atoms in total. The molecule has 3 saturated heterocycles. The predicted octanol–water partition coefficient (Wildman–Crippen LogP) is 2.11. The van der Waals surface area contributed by atoms with Crippen molar-refractivity contribution in [2.75, 3.05) is 30.7 Å². The minimum atomic E-state index is -0.0637. The molecule has 1 amide bonds. The zero-order valence-corrected chi connectivity index (χ0v) is 11.6. The molecule has 3 aliphatic rings. The molecule has 3 aliphatic heterocycles. The number of rotatable bonds is 3. The highest BCUT2D eigenvalue weighted by Crippen LogP contribution is 2.32. The lowest BCUT2D eigenvalue weighted by molar-refractivity contribution is -0.112. The molecule has 1 unspecified atom stereocenters. The number of piperidine rings is 3. The van der Waals surface area contributed by atoms with Gasteiger partial charge in [-0.15, -0.1) is 0 Å². The van der Waals surface area contributed by atoms with E-state index in [0.717, 1.165) is 18.2 Å². The second-order valence-electron chi connectivity index (χ2n) is 5.77. The number of carbonyl (C=O) groups excluding carboxylic acids is 1. The van der Waals surface area contributed by atoms with Crippen LogP contribution in [0.15, 0.2) is 36.4 Å². The summed E-state index contributed by atoms with van der Waals surface area (Å²) in [7, 11) is 0. The molecule has 1 aromatic rings. The van der Waals surface area contributed by atoms with Gasteiger partial charge in [-0.05, 0) is 68.1 Å². The minimum Gasteiger partial charge on any atom is -0.399 e. The van der Waals surface area contributed by atoms with Crippen molar-refractivity contribution in [3.8, 4) is 0 Å². The number of nitrogen functional groups attached to an aromatic ring is 1. The van der Waals surface area contributed by atoms with Crippen LogP contribution < -0.4 is 11.1 Å². The number of fused-ring (bicyclic) bond motifs is 3. The summed E-state index contributed by atoms with van der Waals surface area (Å²) in [5.41, 5.74) is 7.10. The van der Waals surface area contributed by atoms with Gasteiger partial charge in [-0.25, -0.2) is 0 Å². The van der Waals surface area contributed by atoms with E-state index in [2.05, 4.69) is 16.3 Å². The maximum Gasteiger partial charge on any atom is 0.248 e. The van der Waals surface area contributed by atoms with Crippen LogP contribution in [-0.2, 0) is 4.79 Å². The number of nitrogens with one attached hydrogen (secondary N) is 1. The Kier molecular flexibility index (Phi) is 3.74. The molecule has 3 fully saturated rings. The molecule has 4 heteroatoms. The quantitative estimate of drug-likeness (QED) is 0.654. The second kappa shape index (κ2) is 5.67. The minimum absolute atomic E-state index is 0.0637. The van der Waals surface area contributed by atoms with E-state index in [4.69, 9.17) is 5.73 Å². The van der Waals surface area contributed by atoms with E-state index < -0.39 is 0 Å². The van der Waals surface area contributed by atoms with Crippen molar-refractivity contribution in [1.82, 2.24) is 4.90 Å². The number of anilines is 2. The number of nitrogens with two attached hydrogens (primary N) is 1. The molecule has 0 spiro atoms. The van der Waals surface area contributed by atoms with Crippen LogP contribution >= 0.6 is 0 Å². The van der Waals surface area contributed by atoms with Crippen LogP contribution in [0.1, 0.15) is 12.8 Å². The average molecular weight is 271 g/mol. The molecule has 0 radical (unpaired) electrons. The summed E-state index contributed by atoms with van der Waals surface area (Å²) in [6.45, 7) is 3.57. The van der Waals surface area contributed by atoms with Gasteiger partial charge >= 0.3 is 0 Å². The predicted molar refractivity (Wildman–Crippen MR) is 81.3 cm³/mol. The van der Waals surface area contributed by atoms with Crippen molar-refractivity contribution in [3.63, 3.8) is 0 Å². The maximum atomic E-state index is 11.9. The summed E-state index contributed by atoms with van der Waals surface area (Å²) < 4.78 is 0. The molecule has 106 valence electrons. The largest absolute Gasteiger partial charge is 0.399 e. The van der Waals surface area contributed by atoms with Gasteiger partial charge in [0, 0.05) is 17.9 Å². The molecule has 2 bridgehead atoms. The van der Waals surface area contributed by atoms with Crippen molar-refractivity contribution in [1.29, 1.82) is 0 Å². The summed E-state index contributed by atoms with van der Waals surface area (Å²) in [4.78, 5) is 14.4. The number of nitrogens with zero attached hydrogens (tertiary/aromatic N) is 1. The Balaban J connectivity index is 1.56. The van der Waals surface area contributed by atoms with Gasteiger partial charge in [0.25, 0.3) is 0 Å². The van der Waals surface area contributed by atoms with E-state index >= 15 is 0 Å². The summed E-state index contributed by atoms with van der Waals surface area (Å²) in [6, 6.07) is 7.20. The van der Waals surface area contributed by atoms with Crippen LogP contribution in [0.2, 0.25) is 0 Å². The maximum absolute atomic E-state index is 11.9. The molecule has 0 aliphatic carbocycles. The highest BCUT2D eigenvalue weighted by molar-refractivity contribution is 5.99. The first-order valence-electron chi connectivity index (χ1n) is 7.28. The zero-order chi connectivity index (χ0) is 13.9. The number of hydrogen-bond acceptors (Lipinski definition) is 3. The van der Waals surface area contributed by atoms with Crippen molar-refractivity contribution in [2.45, 2.75) is 12.8 Å². The normalized spacial score (nSPS) is 28.7. The van der Waals surface area contributed by atoms with E-state index in [1.54, 1.807) is 18.2 Å². The van der Waals surface area contributed by atoms with Gasteiger partial charge in [-0.2, -0.15) is 0 Å². The van der Waals surface area contributed by atoms with E-state index in [9.17, 15) is 4.79 Å². The first kappa shape index (κ1) is 13.2. The Morgan fingerprint density at radius 3 is 2.55 bits per heavy atom. The highest BCUT2D eigenvalue weighted by Gasteiger charge is 2.32. The fourth-order valence-electron chi connectivity index (χ4n) is 3.19. The fourth-order valence-corrected chi connectivity index (χ4v) is 3.19. The summed E-state index contributed by atoms with van der Waals surface area (Å²) >= 11 is 0. The van der Waals surface area contributed by atoms with Gasteiger partial charge in [-0.3, -0.25) is 4.79 Å². The van der Waals surface area contributed by atoms with Crippen LogP contribution in [0, 0.1) is 11.8 Å². The number of amides is 1. The van der Waals surface area contributed by atoms with Gasteiger partial charge in [-0.1, -0.05) is 6.08 Å². The van der Waals surface area contributed by atoms with Gasteiger partial charge in [0.1, 0.15) is 0 Å². The molecule has 3 heterocycles. The third-order valence-corrected chi connectivity index (χ3v) is 4.38. The smallest absolute Gasteiger partial charge is 0.248 e. The molecule has 0 saturated carbocycles. The van der Waals surface area contributed by atoms with E-state index in [-0.39, 0.29) is 5.91 Å². The Bertz CT molecular complexity index is 501. The zero-order valence-electron chi connectivity index (χ0n) is 11.6. The van der Waals surface area contributed by atoms with Crippen LogP contribution in [-0.4, -0.2) is 30.4 Å². The second-order valence-corrected chi connectivity index (χ2v) is 5.77. The Morgan fingerprint density at radius 1 is 1.25 bits per heavy atom. The third kappa shape index (κ3) is 3.02. The van der Waals surface area contributed by atoms with Gasteiger partial charge < -0.3 is 16.0 Å². The Morgan fingerprint density at radius 2 is 1.95 bits per heavy atom. The fraction of sp³-hybridized carbons (Fsp3) is 0.438. The Hall–Kier alpha value is -1.81. The molecular formula is C16H21N3O. The lowest BCUT2D eigenvalue weighted by Crippen LogP contribution is -2.46. The SMILES string of the molecule is Nc1ccc(NC(=O)/C=C/C2CN3CCC2CC3)cc1. The molecule has 3 N–H and O–H groups in total. The standard InChI is InChI=1S/C16H21N3O/c17-14-2-4-15(5-3-14)18-16(20)6-1-13-11-19-9-7-12(13)8-10-19/h1-6,12-13H,7-11,17H2,(H,18,20)/b6-1+. The van der Waals surface area contributed by atoms with Crippen LogP contribution in [0.4, 0.5) is 11.4 Å². The molecule has 1 atom stereocenters. The van der Waals surface area contributed by atoms with Crippen molar-refractivity contribution in [3.05, 3.63) is 36.4 Å². The monoisotopic (exact) mass is 271 g/mol. The summed E-state index contributed by atoms with van der Waals surface area (Å²) in [5, 5.41) is 2.86. The number of carbonyl (C=O) groups is 1. The molecular weight excluding hydrogens is 250 g/mol. The van der Waals surface area contributed by atoms with Gasteiger partial charge in [0.15, 0.2) is 0 Å². The first-order chi connectivity index (χ1) is 9.70. The van der Waals surface area contributed by atoms with E-state index in [1.165, 1.54) is 25.9 Å². The summed E-state index contributed by atoms with van der Waals surface area (Å²) in [6.07, 6.45) is 6.31. The first-order valence-corrected chi connectivity index (χ1v) is 7.28. The Labute approximate surface area is 119 Å². The van der Waals surface area contributed by atoms with Crippen LogP contribution in [0.3, 0.4) is 0 Å². The molecule has 4 rings (SSSR count). The number of benzene rings is 1. The highest BCUT2D eigenvalue weighted by atomic mass is 16.1. The topological polar surface area (TPSA) is 58.4 Å². The van der Waals surface area contributed by atoms with Crippen LogP contribution in [0.25, 0.3) is 0 Å². The molecule has 20 heavy (non-hydrogen) atoms. The summed E-state index contributed by atoms with van der Waals surface area (Å²) in [5.74, 6) is 1.24. The van der Waals surface area contributed by atoms with Crippen molar-refractivity contribution >= 4 is 17.3 Å². The van der Waals surface area contributed by atoms with Crippen molar-refractivity contribution in [2.24, 2.45) is 11.8 Å².